The van der Waals surface area contributed by atoms with E-state index in [9.17, 15) is 14.4 Å². The fourth-order valence-corrected chi connectivity index (χ4v) is 2.29. The molecule has 1 aliphatic carbocycles. The Kier molecular flexibility index (Phi) is 4.48. The molecule has 0 aromatic heterocycles. The zero-order valence-electron chi connectivity index (χ0n) is 9.76. The molecule has 1 saturated carbocycles. The first-order valence-electron chi connectivity index (χ1n) is 5.63. The Morgan fingerprint density at radius 1 is 1.12 bits per heavy atom. The molecule has 2 N–H and O–H groups in total. The number of hydrogen-bond donors (Lipinski definition) is 2. The van der Waals surface area contributed by atoms with Crippen molar-refractivity contribution in [3.05, 3.63) is 0 Å². The number of aliphatic carboxylic acids is 2. The first-order chi connectivity index (χ1) is 7.93. The monoisotopic (exact) mass is 243 g/mol. The second-order valence-corrected chi connectivity index (χ2v) is 4.42. The van der Waals surface area contributed by atoms with Crippen LogP contribution in [0.2, 0.25) is 0 Å². The summed E-state index contributed by atoms with van der Waals surface area (Å²) in [5.74, 6) is -3.69. The van der Waals surface area contributed by atoms with Crippen molar-refractivity contribution < 1.29 is 24.6 Å². The van der Waals surface area contributed by atoms with Gasteiger partial charge in [0.2, 0.25) is 5.91 Å². The van der Waals surface area contributed by atoms with Crippen molar-refractivity contribution in [2.24, 2.45) is 11.8 Å². The number of hydrogen-bond acceptors (Lipinski definition) is 3. The predicted octanol–water partition coefficient (Wildman–Crippen LogP) is 0.420. The van der Waals surface area contributed by atoms with Gasteiger partial charge >= 0.3 is 11.9 Å². The van der Waals surface area contributed by atoms with Gasteiger partial charge in [-0.3, -0.25) is 14.4 Å². The van der Waals surface area contributed by atoms with E-state index in [1.165, 1.54) is 7.05 Å². The van der Waals surface area contributed by atoms with Gasteiger partial charge in [0.25, 0.3) is 0 Å². The van der Waals surface area contributed by atoms with Crippen molar-refractivity contribution in [2.75, 3.05) is 13.6 Å². The van der Waals surface area contributed by atoms with Crippen molar-refractivity contribution in [1.82, 2.24) is 4.90 Å². The zero-order chi connectivity index (χ0) is 13.0. The smallest absolute Gasteiger partial charge is 0.323 e. The lowest BCUT2D eigenvalue weighted by Gasteiger charge is -2.30. The molecule has 0 radical (unpaired) electrons. The molecule has 0 aromatic rings. The van der Waals surface area contributed by atoms with Crippen molar-refractivity contribution in [3.8, 4) is 0 Å². The molecule has 1 fully saturated rings. The summed E-state index contributed by atoms with van der Waals surface area (Å²) in [6.07, 6.45) is 2.65. The third kappa shape index (κ3) is 3.44. The summed E-state index contributed by atoms with van der Waals surface area (Å²) in [5.41, 5.74) is 0. The summed E-state index contributed by atoms with van der Waals surface area (Å²) in [5, 5.41) is 17.6. The number of rotatable bonds is 4. The largest absolute Gasteiger partial charge is 0.481 e. The summed E-state index contributed by atoms with van der Waals surface area (Å²) in [7, 11) is 1.39. The fourth-order valence-electron chi connectivity index (χ4n) is 2.29. The molecule has 0 aromatic carbocycles. The molecule has 0 aliphatic heterocycles. The fraction of sp³-hybridized carbons (Fsp3) is 0.727. The third-order valence-electron chi connectivity index (χ3n) is 3.15. The molecule has 1 aliphatic rings. The Bertz CT molecular complexity index is 328. The Hall–Kier alpha value is -1.59. The molecule has 6 nitrogen and oxygen atoms in total. The van der Waals surface area contributed by atoms with Crippen molar-refractivity contribution >= 4 is 17.8 Å². The number of carbonyl (C=O) groups excluding carboxylic acids is 1. The highest BCUT2D eigenvalue weighted by Crippen LogP contribution is 2.31. The molecule has 17 heavy (non-hydrogen) atoms. The minimum Gasteiger partial charge on any atom is -0.481 e. The number of carbonyl (C=O) groups is 3. The second-order valence-electron chi connectivity index (χ2n) is 4.42. The van der Waals surface area contributed by atoms with Crippen molar-refractivity contribution in [3.63, 3.8) is 0 Å². The predicted molar refractivity (Wildman–Crippen MR) is 58.4 cm³/mol. The van der Waals surface area contributed by atoms with Crippen molar-refractivity contribution in [1.29, 1.82) is 0 Å². The van der Waals surface area contributed by atoms with Gasteiger partial charge in [-0.2, -0.15) is 0 Å². The van der Waals surface area contributed by atoms with E-state index in [-0.39, 0.29) is 12.5 Å². The van der Waals surface area contributed by atoms with E-state index < -0.39 is 23.8 Å². The minimum atomic E-state index is -1.09. The Morgan fingerprint density at radius 3 is 2.12 bits per heavy atom. The maximum Gasteiger partial charge on any atom is 0.323 e. The standard InChI is InChI=1S/C11H17NO5/c1-12(6-9(13)14)10(15)7-4-2-3-5-8(7)11(16)17/h7-8H,2-6H2,1H3,(H,13,14)(H,16,17)/t7-,8+/m0/s1. The number of amides is 1. The quantitative estimate of drug-likeness (QED) is 0.746. The Labute approximate surface area is 99.2 Å². The molecular weight excluding hydrogens is 226 g/mol. The van der Waals surface area contributed by atoms with Crippen LogP contribution in [0.3, 0.4) is 0 Å². The maximum atomic E-state index is 11.9. The van der Waals surface area contributed by atoms with Gasteiger partial charge in [-0.15, -0.1) is 0 Å². The minimum absolute atomic E-state index is 0.375. The average Bonchev–Trinajstić information content (AvgIpc) is 2.27. The average molecular weight is 243 g/mol. The molecule has 0 heterocycles. The van der Waals surface area contributed by atoms with Crippen LogP contribution in [0.15, 0.2) is 0 Å². The molecule has 0 bridgehead atoms. The zero-order valence-corrected chi connectivity index (χ0v) is 9.76. The lowest BCUT2D eigenvalue weighted by atomic mass is 9.78. The molecule has 6 heteroatoms. The molecule has 0 saturated heterocycles. The molecule has 0 spiro atoms. The molecule has 0 unspecified atom stereocenters. The molecule has 96 valence electrons. The lowest BCUT2D eigenvalue weighted by Crippen LogP contribution is -2.42. The first-order valence-corrected chi connectivity index (χ1v) is 5.63. The van der Waals surface area contributed by atoms with Crippen LogP contribution in [0.4, 0.5) is 0 Å². The van der Waals surface area contributed by atoms with E-state index in [0.29, 0.717) is 12.8 Å². The SMILES string of the molecule is CN(CC(=O)O)C(=O)[C@H]1CCCC[C@H]1C(=O)O. The van der Waals surface area contributed by atoms with E-state index in [4.69, 9.17) is 10.2 Å². The van der Waals surface area contributed by atoms with E-state index in [1.54, 1.807) is 0 Å². The van der Waals surface area contributed by atoms with Crippen LogP contribution in [-0.2, 0) is 14.4 Å². The lowest BCUT2D eigenvalue weighted by molar-refractivity contribution is -0.153. The Balaban J connectivity index is 2.70. The summed E-state index contributed by atoms with van der Waals surface area (Å²) in [6.45, 7) is -0.387. The van der Waals surface area contributed by atoms with Gasteiger partial charge in [0.1, 0.15) is 6.54 Å². The van der Waals surface area contributed by atoms with Crippen LogP contribution in [0.25, 0.3) is 0 Å². The normalized spacial score (nSPS) is 24.1. The van der Waals surface area contributed by atoms with Crippen LogP contribution in [-0.4, -0.2) is 46.6 Å². The molecule has 1 rings (SSSR count). The van der Waals surface area contributed by atoms with Crippen molar-refractivity contribution in [2.45, 2.75) is 25.7 Å². The van der Waals surface area contributed by atoms with E-state index in [0.717, 1.165) is 17.7 Å². The number of likely N-dealkylation sites (N-methyl/N-ethyl adjacent to an activating group) is 1. The number of carboxylic acid groups (broad SMARTS) is 2. The Morgan fingerprint density at radius 2 is 1.65 bits per heavy atom. The molecule has 2 atom stereocenters. The maximum absolute atomic E-state index is 11.9. The summed E-state index contributed by atoms with van der Waals surface area (Å²) < 4.78 is 0. The highest BCUT2D eigenvalue weighted by molar-refractivity contribution is 5.87. The van der Waals surface area contributed by atoms with Crippen LogP contribution >= 0.6 is 0 Å². The number of carboxylic acids is 2. The van der Waals surface area contributed by atoms with Gasteiger partial charge in [-0.25, -0.2) is 0 Å². The van der Waals surface area contributed by atoms with E-state index >= 15 is 0 Å². The van der Waals surface area contributed by atoms with E-state index in [2.05, 4.69) is 0 Å². The van der Waals surface area contributed by atoms with Crippen LogP contribution in [0.5, 0.6) is 0 Å². The van der Waals surface area contributed by atoms with Gasteiger partial charge in [-0.1, -0.05) is 12.8 Å². The molecular formula is C11H17NO5. The summed E-state index contributed by atoms with van der Waals surface area (Å²) in [6, 6.07) is 0. The van der Waals surface area contributed by atoms with Crippen LogP contribution in [0.1, 0.15) is 25.7 Å². The van der Waals surface area contributed by atoms with Crippen LogP contribution in [0, 0.1) is 11.8 Å². The van der Waals surface area contributed by atoms with Gasteiger partial charge in [0.15, 0.2) is 0 Å². The van der Waals surface area contributed by atoms with Gasteiger partial charge in [0.05, 0.1) is 11.8 Å². The third-order valence-corrected chi connectivity index (χ3v) is 3.15. The summed E-state index contributed by atoms with van der Waals surface area (Å²) >= 11 is 0. The second kappa shape index (κ2) is 5.65. The molecule has 1 amide bonds. The van der Waals surface area contributed by atoms with Gasteiger partial charge < -0.3 is 15.1 Å². The number of nitrogens with zero attached hydrogens (tertiary/aromatic N) is 1. The van der Waals surface area contributed by atoms with E-state index in [1.807, 2.05) is 0 Å². The van der Waals surface area contributed by atoms with Gasteiger partial charge in [0, 0.05) is 7.05 Å². The van der Waals surface area contributed by atoms with Gasteiger partial charge in [-0.05, 0) is 12.8 Å². The summed E-state index contributed by atoms with van der Waals surface area (Å²) in [4.78, 5) is 34.6. The highest BCUT2D eigenvalue weighted by atomic mass is 16.4. The topological polar surface area (TPSA) is 94.9 Å². The van der Waals surface area contributed by atoms with Crippen LogP contribution < -0.4 is 0 Å². The first kappa shape index (κ1) is 13.5. The highest BCUT2D eigenvalue weighted by Gasteiger charge is 2.37.